The van der Waals surface area contributed by atoms with Gasteiger partial charge in [-0.05, 0) is 36.6 Å². The molecule has 0 spiro atoms. The molecule has 0 aliphatic carbocycles. The van der Waals surface area contributed by atoms with Crippen LogP contribution in [0.5, 0.6) is 0 Å². The van der Waals surface area contributed by atoms with E-state index < -0.39 is 7.37 Å². The highest BCUT2D eigenvalue weighted by Gasteiger charge is 2.26. The summed E-state index contributed by atoms with van der Waals surface area (Å²) < 4.78 is 13.1. The van der Waals surface area contributed by atoms with Gasteiger partial charge in [-0.15, -0.1) is 0 Å². The average Bonchev–Trinajstić information content (AvgIpc) is 2.70. The molecule has 0 fully saturated rings. The van der Waals surface area contributed by atoms with Crippen LogP contribution in [0.25, 0.3) is 0 Å². The fourth-order valence-corrected chi connectivity index (χ4v) is 5.31. The molecule has 0 radical (unpaired) electrons. The first-order chi connectivity index (χ1) is 13.2. The third-order valence-corrected chi connectivity index (χ3v) is 7.31. The Hall–Kier alpha value is -1.37. The van der Waals surface area contributed by atoms with Crippen LogP contribution in [0.15, 0.2) is 54.6 Å². The summed E-state index contributed by atoms with van der Waals surface area (Å²) in [5, 5.41) is 1.12. The van der Waals surface area contributed by atoms with Crippen molar-refractivity contribution in [1.29, 1.82) is 0 Å². The smallest absolute Gasteiger partial charge is 0.259 e. The molecule has 2 aromatic carbocycles. The van der Waals surface area contributed by atoms with E-state index in [0.29, 0.717) is 10.6 Å². The van der Waals surface area contributed by atoms with E-state index in [1.54, 1.807) is 12.1 Å². The lowest BCUT2D eigenvalue weighted by molar-refractivity contribution is 0.500. The van der Waals surface area contributed by atoms with E-state index in [2.05, 4.69) is 6.92 Å². The van der Waals surface area contributed by atoms with E-state index >= 15 is 0 Å². The van der Waals surface area contributed by atoms with E-state index in [9.17, 15) is 9.46 Å². The lowest BCUT2D eigenvalue weighted by atomic mass is 10.0. The van der Waals surface area contributed by atoms with Crippen molar-refractivity contribution in [2.24, 2.45) is 0 Å². The maximum atomic E-state index is 13.1. The van der Waals surface area contributed by atoms with Gasteiger partial charge in [0.1, 0.15) is 0 Å². The lowest BCUT2D eigenvalue weighted by Crippen LogP contribution is -2.19. The summed E-state index contributed by atoms with van der Waals surface area (Å²) >= 11 is 0. The van der Waals surface area contributed by atoms with Crippen LogP contribution in [-0.2, 0) is 11.0 Å². The fourth-order valence-electron chi connectivity index (χ4n) is 3.59. The minimum absolute atomic E-state index is 0.514. The zero-order valence-electron chi connectivity index (χ0n) is 16.8. The topological polar surface area (TPSA) is 37.3 Å². The highest BCUT2D eigenvalue weighted by molar-refractivity contribution is 7.73. The van der Waals surface area contributed by atoms with Crippen molar-refractivity contribution in [1.82, 2.24) is 0 Å². The Morgan fingerprint density at radius 2 is 1.22 bits per heavy atom. The lowest BCUT2D eigenvalue weighted by Gasteiger charge is -2.16. The fraction of sp³-hybridized carbons (Fsp3) is 0.500. The summed E-state index contributed by atoms with van der Waals surface area (Å²) in [7, 11) is -3.51. The Kier molecular flexibility index (Phi) is 9.87. The summed E-state index contributed by atoms with van der Waals surface area (Å²) in [6.45, 7) is 2.26. The molecule has 2 aromatic rings. The number of unbranched alkanes of at least 4 members (excludes halogenated alkanes) is 9. The number of rotatable bonds is 13. The molecule has 2 nitrogen and oxygen atoms in total. The molecule has 1 atom stereocenters. The third kappa shape index (κ3) is 7.28. The molecule has 1 unspecified atom stereocenters. The van der Waals surface area contributed by atoms with Crippen molar-refractivity contribution >= 4 is 18.0 Å². The van der Waals surface area contributed by atoms with Crippen molar-refractivity contribution < 1.29 is 9.46 Å². The molecule has 3 heteroatoms. The molecule has 0 heterocycles. The zero-order valence-corrected chi connectivity index (χ0v) is 17.7. The van der Waals surface area contributed by atoms with Crippen LogP contribution in [-0.4, -0.2) is 4.89 Å². The Morgan fingerprint density at radius 1 is 0.704 bits per heavy atom. The molecule has 0 amide bonds. The van der Waals surface area contributed by atoms with Crippen LogP contribution in [0, 0.1) is 0 Å². The van der Waals surface area contributed by atoms with Crippen molar-refractivity contribution in [2.75, 3.05) is 0 Å². The third-order valence-electron chi connectivity index (χ3n) is 5.22. The Labute approximate surface area is 165 Å². The highest BCUT2D eigenvalue weighted by atomic mass is 31.2. The van der Waals surface area contributed by atoms with Gasteiger partial charge >= 0.3 is 0 Å². The Morgan fingerprint density at radius 3 is 1.85 bits per heavy atom. The SMILES string of the molecule is CCCCCCCCCCCCc1ccccc1P(=O)(O)c1ccccc1. The van der Waals surface area contributed by atoms with Crippen molar-refractivity contribution in [3.8, 4) is 0 Å². The average molecular weight is 387 g/mol. The summed E-state index contributed by atoms with van der Waals surface area (Å²) in [6, 6.07) is 16.7. The van der Waals surface area contributed by atoms with Gasteiger partial charge in [0.05, 0.1) is 0 Å². The van der Waals surface area contributed by atoms with Gasteiger partial charge in [-0.2, -0.15) is 0 Å². The summed E-state index contributed by atoms with van der Waals surface area (Å²) in [4.78, 5) is 10.8. The van der Waals surface area contributed by atoms with Crippen LogP contribution in [0.1, 0.15) is 76.7 Å². The predicted octanol–water partition coefficient (Wildman–Crippen LogP) is 6.37. The molecule has 0 saturated carbocycles. The second-order valence-electron chi connectivity index (χ2n) is 7.47. The minimum Gasteiger partial charge on any atom is -0.338 e. The van der Waals surface area contributed by atoms with E-state index in [-0.39, 0.29) is 0 Å². The number of benzene rings is 2. The van der Waals surface area contributed by atoms with Crippen LogP contribution < -0.4 is 10.6 Å². The van der Waals surface area contributed by atoms with Gasteiger partial charge < -0.3 is 4.89 Å². The van der Waals surface area contributed by atoms with Crippen molar-refractivity contribution in [2.45, 2.75) is 77.6 Å². The molecule has 27 heavy (non-hydrogen) atoms. The monoisotopic (exact) mass is 386 g/mol. The van der Waals surface area contributed by atoms with Gasteiger partial charge in [0, 0.05) is 10.6 Å². The molecule has 1 N–H and O–H groups in total. The standard InChI is InChI=1S/C24H35O2P/c1-2-3-4-5-6-7-8-9-10-12-17-22-18-15-16-21-24(22)27(25,26)23-19-13-11-14-20-23/h11,13-16,18-21H,2-10,12,17H2,1H3,(H,25,26). The van der Waals surface area contributed by atoms with Gasteiger partial charge in [0.25, 0.3) is 7.37 Å². The maximum Gasteiger partial charge on any atom is 0.259 e. The molecule has 148 valence electrons. The van der Waals surface area contributed by atoms with Gasteiger partial charge in [-0.1, -0.05) is 101 Å². The minimum atomic E-state index is -3.51. The van der Waals surface area contributed by atoms with Crippen molar-refractivity contribution in [3.05, 3.63) is 60.2 Å². The van der Waals surface area contributed by atoms with Crippen LogP contribution >= 0.6 is 7.37 Å². The Bertz CT molecular complexity index is 697. The van der Waals surface area contributed by atoms with Crippen molar-refractivity contribution in [3.63, 3.8) is 0 Å². The van der Waals surface area contributed by atoms with Gasteiger partial charge in [-0.25, -0.2) is 0 Å². The summed E-state index contributed by atoms with van der Waals surface area (Å²) in [5.74, 6) is 0. The molecule has 0 bridgehead atoms. The second kappa shape index (κ2) is 12.2. The van der Waals surface area contributed by atoms with E-state index in [4.69, 9.17) is 0 Å². The summed E-state index contributed by atoms with van der Waals surface area (Å²) in [6.07, 6.45) is 13.9. The van der Waals surface area contributed by atoms with Gasteiger partial charge in [-0.3, -0.25) is 4.57 Å². The zero-order chi connectivity index (χ0) is 19.4. The molecule has 0 aromatic heterocycles. The second-order valence-corrected chi connectivity index (χ2v) is 9.62. The first kappa shape index (κ1) is 21.9. The van der Waals surface area contributed by atoms with Crippen LogP contribution in [0.3, 0.4) is 0 Å². The first-order valence-electron chi connectivity index (χ1n) is 10.6. The normalized spacial score (nSPS) is 13.4. The van der Waals surface area contributed by atoms with Crippen LogP contribution in [0.2, 0.25) is 0 Å². The molecule has 2 rings (SSSR count). The quantitative estimate of drug-likeness (QED) is 0.321. The van der Waals surface area contributed by atoms with E-state index in [0.717, 1.165) is 18.4 Å². The summed E-state index contributed by atoms with van der Waals surface area (Å²) in [5.41, 5.74) is 1.02. The predicted molar refractivity (Wildman–Crippen MR) is 118 cm³/mol. The number of hydrogen-bond donors (Lipinski definition) is 1. The first-order valence-corrected chi connectivity index (χ1v) is 12.3. The highest BCUT2D eigenvalue weighted by Crippen LogP contribution is 2.39. The molecular formula is C24H35O2P. The number of hydrogen-bond acceptors (Lipinski definition) is 1. The Balaban J connectivity index is 1.79. The van der Waals surface area contributed by atoms with E-state index in [1.807, 2.05) is 42.5 Å². The largest absolute Gasteiger partial charge is 0.338 e. The van der Waals surface area contributed by atoms with Gasteiger partial charge in [0.15, 0.2) is 0 Å². The van der Waals surface area contributed by atoms with Gasteiger partial charge in [0.2, 0.25) is 0 Å². The van der Waals surface area contributed by atoms with E-state index in [1.165, 1.54) is 57.8 Å². The molecule has 0 aliphatic rings. The van der Waals surface area contributed by atoms with Crippen LogP contribution in [0.4, 0.5) is 0 Å². The molecule has 0 aliphatic heterocycles. The molecule has 0 saturated heterocycles. The number of aryl methyl sites for hydroxylation is 1. The molecular weight excluding hydrogens is 351 g/mol. The maximum absolute atomic E-state index is 13.1.